The number of aliphatic hydroxyl groups is 1. The molecule has 1 aromatic heterocycles. The summed E-state index contributed by atoms with van der Waals surface area (Å²) in [6.07, 6.45) is 1.43. The van der Waals surface area contributed by atoms with Gasteiger partial charge in [0.2, 0.25) is 0 Å². The van der Waals surface area contributed by atoms with Gasteiger partial charge in [-0.15, -0.1) is 0 Å². The van der Waals surface area contributed by atoms with E-state index in [-0.39, 0.29) is 22.0 Å². The summed E-state index contributed by atoms with van der Waals surface area (Å²) in [6, 6.07) is 5.39. The van der Waals surface area contributed by atoms with Crippen molar-refractivity contribution < 1.29 is 22.7 Å². The van der Waals surface area contributed by atoms with E-state index in [0.717, 1.165) is 12.1 Å². The highest BCUT2D eigenvalue weighted by molar-refractivity contribution is 7.92. The van der Waals surface area contributed by atoms with Crippen LogP contribution in [0.25, 0.3) is 10.9 Å². The Hall–Kier alpha value is -2.73. The number of hydrogen-bond acceptors (Lipinski definition) is 7. The molecule has 12 heteroatoms. The molecule has 0 bridgehead atoms. The number of sulfonamides is 1. The van der Waals surface area contributed by atoms with Crippen LogP contribution in [0.15, 0.2) is 35.4 Å². The van der Waals surface area contributed by atoms with Gasteiger partial charge in [0.25, 0.3) is 15.6 Å². The zero-order valence-electron chi connectivity index (χ0n) is 16.6. The normalized spacial score (nSPS) is 11.6. The Balaban J connectivity index is 2.07. The third-order valence-electron chi connectivity index (χ3n) is 4.58. The van der Waals surface area contributed by atoms with Gasteiger partial charge in [-0.05, 0) is 36.8 Å². The number of ether oxygens (including phenoxy) is 1. The number of methoxy groups -OCH3 is 1. The van der Waals surface area contributed by atoms with Crippen LogP contribution in [0.2, 0.25) is 5.02 Å². The Morgan fingerprint density at radius 3 is 2.65 bits per heavy atom. The zero-order valence-corrected chi connectivity index (χ0v) is 18.2. The summed E-state index contributed by atoms with van der Waals surface area (Å²) >= 11 is 6.21. The zero-order chi connectivity index (χ0) is 22.8. The number of fused-ring (bicyclic) bond motifs is 1. The van der Waals surface area contributed by atoms with Gasteiger partial charge in [0.1, 0.15) is 5.82 Å². The molecular formula is C19H20ClFN4O5S. The van der Waals surface area contributed by atoms with Crippen LogP contribution >= 0.6 is 11.6 Å². The maximum atomic E-state index is 14.5. The maximum Gasteiger partial charge on any atom is 0.261 e. The van der Waals surface area contributed by atoms with Crippen molar-refractivity contribution in [2.75, 3.05) is 29.7 Å². The molecule has 0 unspecified atom stereocenters. The summed E-state index contributed by atoms with van der Waals surface area (Å²) in [5.74, 6) is -1.89. The van der Waals surface area contributed by atoms with Gasteiger partial charge >= 0.3 is 0 Å². The topological polar surface area (TPSA) is 123 Å². The lowest BCUT2D eigenvalue weighted by Gasteiger charge is -2.16. The molecule has 0 amide bonds. The van der Waals surface area contributed by atoms with Gasteiger partial charge in [0.05, 0.1) is 46.8 Å². The van der Waals surface area contributed by atoms with Gasteiger partial charge in [-0.2, -0.15) is 0 Å². The summed E-state index contributed by atoms with van der Waals surface area (Å²) in [5, 5.41) is 11.9. The summed E-state index contributed by atoms with van der Waals surface area (Å²) in [5.41, 5.74) is 0.793. The van der Waals surface area contributed by atoms with Gasteiger partial charge in [-0.1, -0.05) is 11.6 Å². The number of anilines is 3. The first-order valence-corrected chi connectivity index (χ1v) is 11.1. The maximum absolute atomic E-state index is 14.5. The van der Waals surface area contributed by atoms with Gasteiger partial charge in [-0.3, -0.25) is 14.1 Å². The first-order chi connectivity index (χ1) is 14.7. The number of benzene rings is 2. The fourth-order valence-corrected chi connectivity index (χ4v) is 3.84. The largest absolute Gasteiger partial charge is 0.383 e. The van der Waals surface area contributed by atoms with Gasteiger partial charge < -0.3 is 15.2 Å². The second-order valence-corrected chi connectivity index (χ2v) is 8.69. The Morgan fingerprint density at radius 2 is 1.97 bits per heavy atom. The van der Waals surface area contributed by atoms with Crippen LogP contribution in [0.3, 0.4) is 0 Å². The van der Waals surface area contributed by atoms with Crippen molar-refractivity contribution in [1.82, 2.24) is 9.55 Å². The molecule has 31 heavy (non-hydrogen) atoms. The van der Waals surface area contributed by atoms with Crippen molar-refractivity contribution >= 4 is 49.6 Å². The number of rotatable bonds is 8. The highest BCUT2D eigenvalue weighted by atomic mass is 35.5. The molecule has 0 saturated carbocycles. The molecule has 0 aliphatic rings. The van der Waals surface area contributed by atoms with Crippen molar-refractivity contribution in [1.29, 1.82) is 0 Å². The monoisotopic (exact) mass is 470 g/mol. The fraction of sp³-hybridized carbons (Fsp3) is 0.263. The number of nitrogens with one attached hydrogen (secondary N) is 2. The Bertz CT molecular complexity index is 1300. The minimum atomic E-state index is -4.04. The summed E-state index contributed by atoms with van der Waals surface area (Å²) in [7, 11) is -2.52. The third kappa shape index (κ3) is 4.79. The molecule has 0 spiro atoms. The van der Waals surface area contributed by atoms with Crippen molar-refractivity contribution in [2.45, 2.75) is 13.5 Å². The molecule has 0 saturated heterocycles. The standard InChI is InChI=1S/C19H20ClFN4O5S/c1-11-13(5-6-14-16(11)19(27)25(9-22-14)7-8-30-2)23-18-12(21)3-4-15(17(18)20)24-31(28,29)10-26/h3-6,9,23-24,26H,7-8,10H2,1-2H3. The predicted molar refractivity (Wildman–Crippen MR) is 117 cm³/mol. The first-order valence-electron chi connectivity index (χ1n) is 9.02. The SMILES string of the molecule is COCCn1cnc2ccc(Nc3c(F)ccc(NS(=O)(=O)CO)c3Cl)c(C)c2c1=O. The molecule has 3 N–H and O–H groups in total. The summed E-state index contributed by atoms with van der Waals surface area (Å²) < 4.78 is 46.3. The predicted octanol–water partition coefficient (Wildman–Crippen LogP) is 2.58. The van der Waals surface area contributed by atoms with Crippen molar-refractivity contribution in [2.24, 2.45) is 0 Å². The molecular weight excluding hydrogens is 451 g/mol. The Labute approximate surface area is 182 Å². The minimum Gasteiger partial charge on any atom is -0.383 e. The van der Waals surface area contributed by atoms with Crippen LogP contribution < -0.4 is 15.6 Å². The first kappa shape index (κ1) is 22.9. The lowest BCUT2D eigenvalue weighted by Crippen LogP contribution is -2.23. The molecule has 3 rings (SSSR count). The number of hydrogen-bond donors (Lipinski definition) is 3. The molecule has 0 atom stereocenters. The molecule has 2 aromatic carbocycles. The number of aromatic nitrogens is 2. The highest BCUT2D eigenvalue weighted by Gasteiger charge is 2.18. The van der Waals surface area contributed by atoms with Crippen LogP contribution in [0, 0.1) is 12.7 Å². The molecule has 0 aliphatic heterocycles. The average molecular weight is 471 g/mol. The smallest absolute Gasteiger partial charge is 0.261 e. The molecule has 0 aliphatic carbocycles. The number of halogens is 2. The Morgan fingerprint density at radius 1 is 1.26 bits per heavy atom. The van der Waals surface area contributed by atoms with Gasteiger partial charge in [0.15, 0.2) is 5.94 Å². The van der Waals surface area contributed by atoms with Crippen molar-refractivity contribution in [3.05, 3.63) is 57.3 Å². The molecule has 3 aromatic rings. The quantitative estimate of drug-likeness (QED) is 0.462. The lowest BCUT2D eigenvalue weighted by atomic mass is 10.1. The van der Waals surface area contributed by atoms with Crippen LogP contribution in [0.4, 0.5) is 21.5 Å². The summed E-state index contributed by atoms with van der Waals surface area (Å²) in [4.78, 5) is 17.2. The number of nitrogens with zero attached hydrogens (tertiary/aromatic N) is 2. The van der Waals surface area contributed by atoms with Gasteiger partial charge in [-0.25, -0.2) is 17.8 Å². The van der Waals surface area contributed by atoms with E-state index in [1.807, 2.05) is 0 Å². The minimum absolute atomic E-state index is 0.110. The molecule has 1 heterocycles. The second kappa shape index (κ2) is 9.18. The molecule has 166 valence electrons. The van der Waals surface area contributed by atoms with E-state index < -0.39 is 21.8 Å². The number of aryl methyl sites for hydroxylation is 1. The van der Waals surface area contributed by atoms with Crippen LogP contribution in [-0.4, -0.2) is 42.7 Å². The summed E-state index contributed by atoms with van der Waals surface area (Å²) in [6.45, 7) is 2.34. The lowest BCUT2D eigenvalue weighted by molar-refractivity contribution is 0.186. The van der Waals surface area contributed by atoms with Gasteiger partial charge in [0, 0.05) is 12.8 Å². The fourth-order valence-electron chi connectivity index (χ4n) is 2.97. The van der Waals surface area contributed by atoms with Crippen LogP contribution in [0.1, 0.15) is 5.56 Å². The van der Waals surface area contributed by atoms with Crippen LogP contribution in [0.5, 0.6) is 0 Å². The molecule has 9 nitrogen and oxygen atoms in total. The Kier molecular flexibility index (Phi) is 6.80. The van der Waals surface area contributed by atoms with Crippen LogP contribution in [-0.2, 0) is 21.3 Å². The average Bonchev–Trinajstić information content (AvgIpc) is 2.74. The molecule has 0 fully saturated rings. The van der Waals surface area contributed by atoms with E-state index in [4.69, 9.17) is 21.4 Å². The van der Waals surface area contributed by atoms with Crippen molar-refractivity contribution in [3.8, 4) is 0 Å². The molecule has 0 radical (unpaired) electrons. The van der Waals surface area contributed by atoms with Crippen molar-refractivity contribution in [3.63, 3.8) is 0 Å². The van der Waals surface area contributed by atoms with E-state index in [1.54, 1.807) is 19.1 Å². The van der Waals surface area contributed by atoms with E-state index in [2.05, 4.69) is 15.0 Å². The van der Waals surface area contributed by atoms with E-state index >= 15 is 0 Å². The number of aliphatic hydroxyl groups excluding tert-OH is 1. The van der Waals surface area contributed by atoms with E-state index in [1.165, 1.54) is 18.0 Å². The third-order valence-corrected chi connectivity index (χ3v) is 5.84. The van der Waals surface area contributed by atoms with E-state index in [0.29, 0.717) is 35.3 Å². The second-order valence-electron chi connectivity index (χ2n) is 6.62. The van der Waals surface area contributed by atoms with E-state index in [9.17, 15) is 17.6 Å². The highest BCUT2D eigenvalue weighted by Crippen LogP contribution is 2.36.